The highest BCUT2D eigenvalue weighted by Crippen LogP contribution is 2.26. The Morgan fingerprint density at radius 2 is 2.31 bits per heavy atom. The molecule has 3 unspecified atom stereocenters. The average Bonchev–Trinajstić information content (AvgIpc) is 2.78. The van der Waals surface area contributed by atoms with Crippen LogP contribution in [0.15, 0.2) is 4.52 Å². The van der Waals surface area contributed by atoms with Crippen LogP contribution in [0.1, 0.15) is 37.6 Å². The summed E-state index contributed by atoms with van der Waals surface area (Å²) in [4.78, 5) is 4.28. The second-order valence-corrected chi connectivity index (χ2v) is 5.10. The van der Waals surface area contributed by atoms with Crippen molar-refractivity contribution >= 4 is 11.8 Å². The van der Waals surface area contributed by atoms with Gasteiger partial charge in [-0.1, -0.05) is 12.1 Å². The standard InChI is InChI=1S/C10H16N2O3S/c1-6(7(2)13)10-11-9(12-15-10)8-5-16-4-3-14-8/h6-8,13H,3-5H2,1-2H3. The highest BCUT2D eigenvalue weighted by Gasteiger charge is 2.25. The third-order valence-electron chi connectivity index (χ3n) is 2.67. The molecule has 0 radical (unpaired) electrons. The molecule has 0 aromatic carbocycles. The van der Waals surface area contributed by atoms with Crippen molar-refractivity contribution in [2.45, 2.75) is 32.0 Å². The first kappa shape index (κ1) is 11.9. The number of nitrogens with zero attached hydrogens (tertiary/aromatic N) is 2. The van der Waals surface area contributed by atoms with Crippen molar-refractivity contribution in [3.8, 4) is 0 Å². The smallest absolute Gasteiger partial charge is 0.232 e. The van der Waals surface area contributed by atoms with Crippen molar-refractivity contribution in [2.75, 3.05) is 18.1 Å². The van der Waals surface area contributed by atoms with Gasteiger partial charge in [-0.2, -0.15) is 16.7 Å². The van der Waals surface area contributed by atoms with Gasteiger partial charge in [0.05, 0.1) is 18.6 Å². The molecule has 90 valence electrons. The van der Waals surface area contributed by atoms with Crippen LogP contribution in [0.5, 0.6) is 0 Å². The Morgan fingerprint density at radius 1 is 1.50 bits per heavy atom. The predicted molar refractivity (Wildman–Crippen MR) is 60.4 cm³/mol. The molecule has 3 atom stereocenters. The van der Waals surface area contributed by atoms with E-state index in [9.17, 15) is 5.11 Å². The third kappa shape index (κ3) is 2.56. The number of ether oxygens (including phenoxy) is 1. The molecule has 6 heteroatoms. The van der Waals surface area contributed by atoms with Crippen LogP contribution >= 0.6 is 11.8 Å². The van der Waals surface area contributed by atoms with Gasteiger partial charge in [0.25, 0.3) is 0 Å². The lowest BCUT2D eigenvalue weighted by molar-refractivity contribution is 0.0677. The summed E-state index contributed by atoms with van der Waals surface area (Å²) in [6, 6.07) is 0. The van der Waals surface area contributed by atoms with E-state index in [0.29, 0.717) is 11.7 Å². The number of hydrogen-bond acceptors (Lipinski definition) is 6. The van der Waals surface area contributed by atoms with Crippen molar-refractivity contribution in [3.63, 3.8) is 0 Å². The van der Waals surface area contributed by atoms with Crippen molar-refractivity contribution in [3.05, 3.63) is 11.7 Å². The van der Waals surface area contributed by atoms with Crippen LogP contribution in [0.4, 0.5) is 0 Å². The van der Waals surface area contributed by atoms with Gasteiger partial charge in [0.15, 0.2) is 0 Å². The summed E-state index contributed by atoms with van der Waals surface area (Å²) >= 11 is 1.83. The zero-order valence-corrected chi connectivity index (χ0v) is 10.2. The molecule has 0 amide bonds. The lowest BCUT2D eigenvalue weighted by atomic mass is 10.1. The maximum atomic E-state index is 9.43. The van der Waals surface area contributed by atoms with Gasteiger partial charge in [0, 0.05) is 11.5 Å². The van der Waals surface area contributed by atoms with E-state index in [1.54, 1.807) is 6.92 Å². The number of aliphatic hydroxyl groups excluding tert-OH is 1. The summed E-state index contributed by atoms with van der Waals surface area (Å²) in [7, 11) is 0. The number of thioether (sulfide) groups is 1. The van der Waals surface area contributed by atoms with Crippen molar-refractivity contribution < 1.29 is 14.4 Å². The number of rotatable bonds is 3. The summed E-state index contributed by atoms with van der Waals surface area (Å²) in [5, 5.41) is 13.3. The van der Waals surface area contributed by atoms with Crippen LogP contribution in [0.2, 0.25) is 0 Å². The predicted octanol–water partition coefficient (Wildman–Crippen LogP) is 1.36. The molecule has 2 rings (SSSR count). The molecule has 16 heavy (non-hydrogen) atoms. The monoisotopic (exact) mass is 244 g/mol. The van der Waals surface area contributed by atoms with Gasteiger partial charge in [0.2, 0.25) is 11.7 Å². The van der Waals surface area contributed by atoms with Gasteiger partial charge >= 0.3 is 0 Å². The molecule has 5 nitrogen and oxygen atoms in total. The van der Waals surface area contributed by atoms with Crippen LogP contribution in [-0.4, -0.2) is 39.5 Å². The molecule has 1 N–H and O–H groups in total. The van der Waals surface area contributed by atoms with E-state index in [4.69, 9.17) is 9.26 Å². The Morgan fingerprint density at radius 3 is 2.94 bits per heavy atom. The van der Waals surface area contributed by atoms with Gasteiger partial charge in [-0.15, -0.1) is 0 Å². The lowest BCUT2D eigenvalue weighted by Crippen LogP contribution is -2.17. The van der Waals surface area contributed by atoms with Crippen molar-refractivity contribution in [2.24, 2.45) is 0 Å². The van der Waals surface area contributed by atoms with E-state index in [1.165, 1.54) is 0 Å². The minimum absolute atomic E-state index is 0.0718. The second kappa shape index (κ2) is 5.16. The molecule has 0 saturated carbocycles. The molecular formula is C10H16N2O3S. The zero-order chi connectivity index (χ0) is 11.5. The molecule has 1 saturated heterocycles. The summed E-state index contributed by atoms with van der Waals surface area (Å²) in [6.07, 6.45) is -0.563. The maximum absolute atomic E-state index is 9.43. The van der Waals surface area contributed by atoms with Gasteiger partial charge in [-0.05, 0) is 6.92 Å². The van der Waals surface area contributed by atoms with E-state index in [0.717, 1.165) is 18.1 Å². The Labute approximate surface area is 98.6 Å². The van der Waals surface area contributed by atoms with E-state index in [-0.39, 0.29) is 12.0 Å². The number of hydrogen-bond donors (Lipinski definition) is 1. The summed E-state index contributed by atoms with van der Waals surface area (Å²) in [5.74, 6) is 2.81. The minimum Gasteiger partial charge on any atom is -0.393 e. The number of aromatic nitrogens is 2. The summed E-state index contributed by atoms with van der Waals surface area (Å²) in [5.41, 5.74) is 0. The quantitative estimate of drug-likeness (QED) is 0.865. The highest BCUT2D eigenvalue weighted by atomic mass is 32.2. The van der Waals surface area contributed by atoms with Gasteiger partial charge in [0.1, 0.15) is 6.10 Å². The molecule has 1 aliphatic heterocycles. The van der Waals surface area contributed by atoms with Crippen LogP contribution < -0.4 is 0 Å². The van der Waals surface area contributed by atoms with Gasteiger partial charge in [-0.25, -0.2) is 0 Å². The SMILES string of the molecule is CC(O)C(C)c1nc(C2CSCCO2)no1. The molecule has 1 fully saturated rings. The van der Waals surface area contributed by atoms with Gasteiger partial charge < -0.3 is 14.4 Å². The Hall–Kier alpha value is -0.590. The Balaban J connectivity index is 2.06. The summed E-state index contributed by atoms with van der Waals surface area (Å²) < 4.78 is 10.7. The Bertz CT molecular complexity index is 337. The largest absolute Gasteiger partial charge is 0.393 e. The average molecular weight is 244 g/mol. The van der Waals surface area contributed by atoms with Crippen molar-refractivity contribution in [1.29, 1.82) is 0 Å². The summed E-state index contributed by atoms with van der Waals surface area (Å²) in [6.45, 7) is 4.30. The molecule has 2 heterocycles. The minimum atomic E-state index is -0.491. The first-order valence-electron chi connectivity index (χ1n) is 5.39. The molecule has 0 spiro atoms. The third-order valence-corrected chi connectivity index (χ3v) is 3.67. The second-order valence-electron chi connectivity index (χ2n) is 3.95. The van der Waals surface area contributed by atoms with E-state index >= 15 is 0 Å². The number of aliphatic hydroxyl groups is 1. The van der Waals surface area contributed by atoms with Crippen LogP contribution in [0, 0.1) is 0 Å². The zero-order valence-electron chi connectivity index (χ0n) is 9.42. The van der Waals surface area contributed by atoms with Crippen molar-refractivity contribution in [1.82, 2.24) is 10.1 Å². The fourth-order valence-electron chi connectivity index (χ4n) is 1.41. The molecule has 1 aromatic rings. The van der Waals surface area contributed by atoms with Crippen LogP contribution in [-0.2, 0) is 4.74 Å². The molecule has 1 aromatic heterocycles. The Kier molecular flexibility index (Phi) is 3.83. The first-order chi connectivity index (χ1) is 7.68. The topological polar surface area (TPSA) is 68.4 Å². The normalized spacial score (nSPS) is 25.3. The highest BCUT2D eigenvalue weighted by molar-refractivity contribution is 7.99. The first-order valence-corrected chi connectivity index (χ1v) is 6.55. The molecule has 0 bridgehead atoms. The fraction of sp³-hybridized carbons (Fsp3) is 0.800. The molecular weight excluding hydrogens is 228 g/mol. The van der Waals surface area contributed by atoms with E-state index < -0.39 is 6.10 Å². The lowest BCUT2D eigenvalue weighted by Gasteiger charge is -2.18. The molecule has 0 aliphatic carbocycles. The van der Waals surface area contributed by atoms with E-state index in [2.05, 4.69) is 10.1 Å². The molecule has 1 aliphatic rings. The van der Waals surface area contributed by atoms with Crippen LogP contribution in [0.25, 0.3) is 0 Å². The van der Waals surface area contributed by atoms with Crippen LogP contribution in [0.3, 0.4) is 0 Å². The van der Waals surface area contributed by atoms with E-state index in [1.807, 2.05) is 18.7 Å². The van der Waals surface area contributed by atoms with Gasteiger partial charge in [-0.3, -0.25) is 0 Å². The maximum Gasteiger partial charge on any atom is 0.232 e. The fourth-order valence-corrected chi connectivity index (χ4v) is 2.25.